The van der Waals surface area contributed by atoms with Crippen LogP contribution in [-0.2, 0) is 16.1 Å². The van der Waals surface area contributed by atoms with Gasteiger partial charge in [-0.15, -0.1) is 0 Å². The quantitative estimate of drug-likeness (QED) is 0.776. The molecule has 0 saturated heterocycles. The number of benzene rings is 1. The lowest BCUT2D eigenvalue weighted by Gasteiger charge is -2.26. The van der Waals surface area contributed by atoms with Gasteiger partial charge >= 0.3 is 0 Å². The summed E-state index contributed by atoms with van der Waals surface area (Å²) in [6.45, 7) is 4.48. The third-order valence-corrected chi connectivity index (χ3v) is 3.12. The van der Waals surface area contributed by atoms with Gasteiger partial charge in [0.2, 0.25) is 0 Å². The van der Waals surface area contributed by atoms with Gasteiger partial charge in [0.1, 0.15) is 0 Å². The Morgan fingerprint density at radius 3 is 2.56 bits per heavy atom. The summed E-state index contributed by atoms with van der Waals surface area (Å²) in [6, 6.07) is 10.0. The molecule has 1 aliphatic rings. The van der Waals surface area contributed by atoms with Crippen molar-refractivity contribution in [2.75, 3.05) is 0 Å². The lowest BCUT2D eigenvalue weighted by Crippen LogP contribution is -2.28. The van der Waals surface area contributed by atoms with E-state index in [1.807, 2.05) is 44.2 Å². The Hall–Kier alpha value is -1.41. The van der Waals surface area contributed by atoms with Gasteiger partial charge in [0, 0.05) is 6.42 Å². The van der Waals surface area contributed by atoms with E-state index >= 15 is 0 Å². The second-order valence-corrected chi connectivity index (χ2v) is 4.48. The first kappa shape index (κ1) is 11.1. The van der Waals surface area contributed by atoms with Gasteiger partial charge in [-0.1, -0.05) is 30.3 Å². The molecule has 0 fully saturated rings. The summed E-state index contributed by atoms with van der Waals surface area (Å²) in [6.07, 6.45) is 2.15. The van der Waals surface area contributed by atoms with Gasteiger partial charge in [-0.2, -0.15) is 0 Å². The molecule has 2 nitrogen and oxygen atoms in total. The summed E-state index contributed by atoms with van der Waals surface area (Å²) < 4.78 is 5.87. The second kappa shape index (κ2) is 4.22. The van der Waals surface area contributed by atoms with Crippen LogP contribution in [0.2, 0.25) is 0 Å². The van der Waals surface area contributed by atoms with Gasteiger partial charge in [-0.05, 0) is 31.1 Å². The van der Waals surface area contributed by atoms with E-state index < -0.39 is 5.60 Å². The van der Waals surface area contributed by atoms with Crippen LogP contribution in [0.3, 0.4) is 0 Å². The van der Waals surface area contributed by atoms with Crippen molar-refractivity contribution >= 4 is 5.78 Å². The number of ether oxygens (including phenoxy) is 1. The molecule has 0 aliphatic heterocycles. The Balaban J connectivity index is 2.01. The fourth-order valence-corrected chi connectivity index (χ4v) is 1.90. The molecule has 0 radical (unpaired) electrons. The maximum atomic E-state index is 11.3. The van der Waals surface area contributed by atoms with Gasteiger partial charge in [-0.3, -0.25) is 4.79 Å². The van der Waals surface area contributed by atoms with Crippen molar-refractivity contribution < 1.29 is 9.53 Å². The highest BCUT2D eigenvalue weighted by Crippen LogP contribution is 2.32. The minimum atomic E-state index is -0.410. The van der Waals surface area contributed by atoms with Crippen LogP contribution in [0, 0.1) is 0 Å². The normalized spacial score (nSPS) is 24.6. The molecule has 0 bridgehead atoms. The number of rotatable bonds is 3. The second-order valence-electron chi connectivity index (χ2n) is 4.48. The SMILES string of the molecule is CC1=CC(=O)CC1(C)OCc1ccccc1. The highest BCUT2D eigenvalue weighted by Gasteiger charge is 2.35. The number of hydrogen-bond donors (Lipinski definition) is 0. The molecular formula is C14H16O2. The Bertz CT molecular complexity index is 420. The molecule has 2 heteroatoms. The van der Waals surface area contributed by atoms with E-state index in [0.29, 0.717) is 13.0 Å². The smallest absolute Gasteiger partial charge is 0.158 e. The molecule has 1 aromatic rings. The van der Waals surface area contributed by atoms with E-state index in [9.17, 15) is 4.79 Å². The van der Waals surface area contributed by atoms with Crippen LogP contribution in [0.4, 0.5) is 0 Å². The molecule has 0 heterocycles. The molecule has 2 rings (SSSR count). The fourth-order valence-electron chi connectivity index (χ4n) is 1.90. The molecular weight excluding hydrogens is 200 g/mol. The van der Waals surface area contributed by atoms with E-state index in [1.165, 1.54) is 0 Å². The van der Waals surface area contributed by atoms with Crippen LogP contribution in [0.5, 0.6) is 0 Å². The summed E-state index contributed by atoms with van der Waals surface area (Å²) in [5, 5.41) is 0. The number of carbonyl (C=O) groups is 1. The molecule has 1 aromatic carbocycles. The molecule has 1 unspecified atom stereocenters. The van der Waals surface area contributed by atoms with Crippen molar-refractivity contribution in [2.24, 2.45) is 0 Å². The van der Waals surface area contributed by atoms with E-state index in [1.54, 1.807) is 6.08 Å². The van der Waals surface area contributed by atoms with Crippen molar-refractivity contribution in [3.05, 3.63) is 47.5 Å². The minimum absolute atomic E-state index is 0.160. The fraction of sp³-hybridized carbons (Fsp3) is 0.357. The Morgan fingerprint density at radius 1 is 1.31 bits per heavy atom. The van der Waals surface area contributed by atoms with Crippen LogP contribution < -0.4 is 0 Å². The highest BCUT2D eigenvalue weighted by molar-refractivity contribution is 5.94. The van der Waals surface area contributed by atoms with Gasteiger partial charge < -0.3 is 4.74 Å². The summed E-state index contributed by atoms with van der Waals surface area (Å²) in [7, 11) is 0. The Morgan fingerprint density at radius 2 is 2.00 bits per heavy atom. The molecule has 1 aliphatic carbocycles. The first-order valence-corrected chi connectivity index (χ1v) is 5.50. The van der Waals surface area contributed by atoms with Gasteiger partial charge in [0.05, 0.1) is 12.2 Å². The van der Waals surface area contributed by atoms with Crippen molar-refractivity contribution in [2.45, 2.75) is 32.5 Å². The van der Waals surface area contributed by atoms with E-state index in [2.05, 4.69) is 0 Å². The van der Waals surface area contributed by atoms with Crippen molar-refractivity contribution in [1.82, 2.24) is 0 Å². The third-order valence-electron chi connectivity index (χ3n) is 3.12. The average molecular weight is 216 g/mol. The largest absolute Gasteiger partial charge is 0.366 e. The molecule has 0 aromatic heterocycles. The van der Waals surface area contributed by atoms with E-state index in [0.717, 1.165) is 11.1 Å². The summed E-state index contributed by atoms with van der Waals surface area (Å²) >= 11 is 0. The molecule has 0 N–H and O–H groups in total. The molecule has 0 spiro atoms. The van der Waals surface area contributed by atoms with E-state index in [4.69, 9.17) is 4.74 Å². The van der Waals surface area contributed by atoms with Crippen LogP contribution >= 0.6 is 0 Å². The number of ketones is 1. The third kappa shape index (κ3) is 2.22. The Labute approximate surface area is 95.9 Å². The van der Waals surface area contributed by atoms with Crippen LogP contribution in [0.1, 0.15) is 25.8 Å². The molecule has 0 saturated carbocycles. The number of hydrogen-bond acceptors (Lipinski definition) is 2. The minimum Gasteiger partial charge on any atom is -0.366 e. The zero-order chi connectivity index (χ0) is 11.6. The predicted molar refractivity (Wildman–Crippen MR) is 63.0 cm³/mol. The molecule has 0 amide bonds. The van der Waals surface area contributed by atoms with E-state index in [-0.39, 0.29) is 5.78 Å². The zero-order valence-corrected chi connectivity index (χ0v) is 9.69. The van der Waals surface area contributed by atoms with Crippen molar-refractivity contribution in [1.29, 1.82) is 0 Å². The number of carbonyl (C=O) groups excluding carboxylic acids is 1. The lowest BCUT2D eigenvalue weighted by molar-refractivity contribution is -0.118. The predicted octanol–water partition coefficient (Wildman–Crippen LogP) is 2.88. The lowest BCUT2D eigenvalue weighted by atomic mass is 9.99. The van der Waals surface area contributed by atoms with Crippen molar-refractivity contribution in [3.8, 4) is 0 Å². The van der Waals surface area contributed by atoms with Crippen LogP contribution in [-0.4, -0.2) is 11.4 Å². The first-order chi connectivity index (χ1) is 7.60. The Kier molecular flexibility index (Phi) is 2.92. The van der Waals surface area contributed by atoms with Gasteiger partial charge in [-0.25, -0.2) is 0 Å². The molecule has 84 valence electrons. The van der Waals surface area contributed by atoms with Crippen LogP contribution in [0.25, 0.3) is 0 Å². The topological polar surface area (TPSA) is 26.3 Å². The maximum Gasteiger partial charge on any atom is 0.158 e. The van der Waals surface area contributed by atoms with Gasteiger partial charge in [0.25, 0.3) is 0 Å². The van der Waals surface area contributed by atoms with Crippen LogP contribution in [0.15, 0.2) is 42.0 Å². The summed E-state index contributed by atoms with van der Waals surface area (Å²) in [4.78, 5) is 11.3. The average Bonchev–Trinajstić information content (AvgIpc) is 2.52. The highest BCUT2D eigenvalue weighted by atomic mass is 16.5. The summed E-state index contributed by atoms with van der Waals surface area (Å²) in [5.74, 6) is 0.160. The van der Waals surface area contributed by atoms with Crippen molar-refractivity contribution in [3.63, 3.8) is 0 Å². The first-order valence-electron chi connectivity index (χ1n) is 5.50. The standard InChI is InChI=1S/C14H16O2/c1-11-8-13(15)9-14(11,2)16-10-12-6-4-3-5-7-12/h3-8H,9-10H2,1-2H3. The monoisotopic (exact) mass is 216 g/mol. The van der Waals surface area contributed by atoms with Gasteiger partial charge in [0.15, 0.2) is 5.78 Å². The number of allylic oxidation sites excluding steroid dienone is 1. The zero-order valence-electron chi connectivity index (χ0n) is 9.69. The maximum absolute atomic E-state index is 11.3. The molecule has 16 heavy (non-hydrogen) atoms. The summed E-state index contributed by atoms with van der Waals surface area (Å²) in [5.41, 5.74) is 1.75. The molecule has 1 atom stereocenters.